The molecular weight excluding hydrogens is 270 g/mol. The van der Waals surface area contributed by atoms with Gasteiger partial charge in [-0.15, -0.1) is 10.2 Å². The Morgan fingerprint density at radius 1 is 1.25 bits per heavy atom. The summed E-state index contributed by atoms with van der Waals surface area (Å²) in [5, 5.41) is 13.6. The average Bonchev–Trinajstić information content (AvgIpc) is 2.87. The van der Waals surface area contributed by atoms with Crippen LogP contribution in [0.1, 0.15) is 29.5 Å². The molecule has 108 valence electrons. The second-order valence-corrected chi connectivity index (χ2v) is 5.81. The lowest BCUT2D eigenvalue weighted by Crippen LogP contribution is -2.06. The van der Waals surface area contributed by atoms with Gasteiger partial charge in [0.05, 0.1) is 7.11 Å². The first-order valence-corrected chi connectivity index (χ1v) is 7.74. The molecule has 4 nitrogen and oxygen atoms in total. The summed E-state index contributed by atoms with van der Waals surface area (Å²) < 4.78 is 5.39. The van der Waals surface area contributed by atoms with Gasteiger partial charge in [0.1, 0.15) is 10.8 Å². The van der Waals surface area contributed by atoms with Crippen molar-refractivity contribution in [1.82, 2.24) is 10.2 Å². The van der Waals surface area contributed by atoms with E-state index in [1.54, 1.807) is 18.4 Å². The maximum Gasteiger partial charge on any atom is 0.205 e. The molecule has 20 heavy (non-hydrogen) atoms. The fourth-order valence-electron chi connectivity index (χ4n) is 2.05. The molecule has 0 amide bonds. The van der Waals surface area contributed by atoms with Crippen molar-refractivity contribution in [2.75, 3.05) is 19.0 Å². The van der Waals surface area contributed by atoms with Crippen LogP contribution in [0.5, 0.6) is 5.75 Å². The van der Waals surface area contributed by atoms with Crippen LogP contribution >= 0.6 is 11.3 Å². The van der Waals surface area contributed by atoms with E-state index in [0.717, 1.165) is 41.7 Å². The van der Waals surface area contributed by atoms with Gasteiger partial charge in [-0.1, -0.05) is 36.0 Å². The first-order valence-electron chi connectivity index (χ1n) is 6.92. The number of methoxy groups -OCH3 is 1. The summed E-state index contributed by atoms with van der Waals surface area (Å²) in [5.74, 6) is 0.946. The SMILES string of the molecule is CCCc1nnc(NCCc2cc(C)ccc2OC)s1. The highest BCUT2D eigenvalue weighted by molar-refractivity contribution is 7.15. The molecule has 0 atom stereocenters. The smallest absolute Gasteiger partial charge is 0.205 e. The Kier molecular flexibility index (Phi) is 5.35. The summed E-state index contributed by atoms with van der Waals surface area (Å²) in [4.78, 5) is 0. The lowest BCUT2D eigenvalue weighted by Gasteiger charge is -2.09. The summed E-state index contributed by atoms with van der Waals surface area (Å²) in [7, 11) is 1.71. The fourth-order valence-corrected chi connectivity index (χ4v) is 2.91. The standard InChI is InChI=1S/C15H21N3OS/c1-4-5-14-17-18-15(20-14)16-9-8-12-10-11(2)6-7-13(12)19-3/h6-7,10H,4-5,8-9H2,1-3H3,(H,16,18). The minimum Gasteiger partial charge on any atom is -0.496 e. The Balaban J connectivity index is 1.90. The highest BCUT2D eigenvalue weighted by Crippen LogP contribution is 2.21. The molecule has 0 aliphatic carbocycles. The average molecular weight is 291 g/mol. The van der Waals surface area contributed by atoms with Crippen LogP contribution in [0.4, 0.5) is 5.13 Å². The van der Waals surface area contributed by atoms with Gasteiger partial charge in [-0.3, -0.25) is 0 Å². The lowest BCUT2D eigenvalue weighted by atomic mass is 10.1. The predicted molar refractivity (Wildman–Crippen MR) is 83.8 cm³/mol. The molecule has 0 saturated carbocycles. The van der Waals surface area contributed by atoms with Gasteiger partial charge in [0, 0.05) is 13.0 Å². The van der Waals surface area contributed by atoms with Crippen LogP contribution in [0.3, 0.4) is 0 Å². The Bertz CT molecular complexity index is 554. The Morgan fingerprint density at radius 3 is 2.85 bits per heavy atom. The monoisotopic (exact) mass is 291 g/mol. The van der Waals surface area contributed by atoms with Gasteiger partial charge in [-0.25, -0.2) is 0 Å². The van der Waals surface area contributed by atoms with E-state index in [1.807, 2.05) is 6.07 Å². The summed E-state index contributed by atoms with van der Waals surface area (Å²) >= 11 is 1.64. The molecule has 0 aliphatic rings. The van der Waals surface area contributed by atoms with Crippen molar-refractivity contribution in [2.24, 2.45) is 0 Å². The number of nitrogens with one attached hydrogen (secondary N) is 1. The molecule has 0 spiro atoms. The molecule has 1 N–H and O–H groups in total. The van der Waals surface area contributed by atoms with Crippen molar-refractivity contribution in [1.29, 1.82) is 0 Å². The van der Waals surface area contributed by atoms with E-state index in [9.17, 15) is 0 Å². The molecule has 2 rings (SSSR count). The van der Waals surface area contributed by atoms with E-state index in [0.29, 0.717) is 0 Å². The number of benzene rings is 1. The van der Waals surface area contributed by atoms with Crippen LogP contribution in [0, 0.1) is 6.92 Å². The Hall–Kier alpha value is -1.62. The summed E-state index contributed by atoms with van der Waals surface area (Å²) in [6, 6.07) is 6.26. The van der Waals surface area contributed by atoms with E-state index in [2.05, 4.69) is 41.5 Å². The van der Waals surface area contributed by atoms with E-state index < -0.39 is 0 Å². The van der Waals surface area contributed by atoms with E-state index >= 15 is 0 Å². The maximum absolute atomic E-state index is 5.39. The number of rotatable bonds is 7. The number of aryl methyl sites for hydroxylation is 2. The zero-order valence-corrected chi connectivity index (χ0v) is 13.1. The Morgan fingerprint density at radius 2 is 2.10 bits per heavy atom. The quantitative estimate of drug-likeness (QED) is 0.848. The normalized spacial score (nSPS) is 10.6. The molecular formula is C15H21N3OS. The van der Waals surface area contributed by atoms with Crippen LogP contribution in [-0.4, -0.2) is 23.9 Å². The molecule has 5 heteroatoms. The highest BCUT2D eigenvalue weighted by atomic mass is 32.1. The zero-order chi connectivity index (χ0) is 14.4. The van der Waals surface area contributed by atoms with Crippen molar-refractivity contribution >= 4 is 16.5 Å². The molecule has 1 heterocycles. The van der Waals surface area contributed by atoms with E-state index in [4.69, 9.17) is 4.74 Å². The van der Waals surface area contributed by atoms with Crippen molar-refractivity contribution in [3.8, 4) is 5.75 Å². The molecule has 0 aliphatic heterocycles. The van der Waals surface area contributed by atoms with E-state index in [1.165, 1.54) is 11.1 Å². The summed E-state index contributed by atoms with van der Waals surface area (Å²) in [6.45, 7) is 5.08. The molecule has 1 aromatic heterocycles. The van der Waals surface area contributed by atoms with Gasteiger partial charge >= 0.3 is 0 Å². The van der Waals surface area contributed by atoms with Crippen LogP contribution in [0.25, 0.3) is 0 Å². The number of nitrogens with zero attached hydrogens (tertiary/aromatic N) is 2. The van der Waals surface area contributed by atoms with Gasteiger partial charge < -0.3 is 10.1 Å². The molecule has 0 radical (unpaired) electrons. The molecule has 2 aromatic rings. The second kappa shape index (κ2) is 7.24. The van der Waals surface area contributed by atoms with Gasteiger partial charge in [0.25, 0.3) is 0 Å². The van der Waals surface area contributed by atoms with Gasteiger partial charge in [0.2, 0.25) is 5.13 Å². The Labute approximate surface area is 124 Å². The molecule has 0 bridgehead atoms. The second-order valence-electron chi connectivity index (χ2n) is 4.74. The number of hydrogen-bond acceptors (Lipinski definition) is 5. The first-order chi connectivity index (χ1) is 9.72. The van der Waals surface area contributed by atoms with Crippen LogP contribution in [0.2, 0.25) is 0 Å². The van der Waals surface area contributed by atoms with Crippen molar-refractivity contribution in [3.05, 3.63) is 34.3 Å². The molecule has 0 saturated heterocycles. The number of hydrogen-bond donors (Lipinski definition) is 1. The van der Waals surface area contributed by atoms with Crippen LogP contribution in [-0.2, 0) is 12.8 Å². The number of anilines is 1. The predicted octanol–water partition coefficient (Wildman–Crippen LogP) is 3.46. The molecule has 0 unspecified atom stereocenters. The minimum atomic E-state index is 0.834. The van der Waals surface area contributed by atoms with Crippen molar-refractivity contribution in [3.63, 3.8) is 0 Å². The van der Waals surface area contributed by atoms with Gasteiger partial charge in [-0.2, -0.15) is 0 Å². The summed E-state index contributed by atoms with van der Waals surface area (Å²) in [5.41, 5.74) is 2.47. The van der Waals surface area contributed by atoms with Gasteiger partial charge in [0.15, 0.2) is 0 Å². The van der Waals surface area contributed by atoms with Crippen LogP contribution in [0.15, 0.2) is 18.2 Å². The largest absolute Gasteiger partial charge is 0.496 e. The third-order valence-corrected chi connectivity index (χ3v) is 3.98. The van der Waals surface area contributed by atoms with Gasteiger partial charge in [-0.05, 0) is 31.4 Å². The van der Waals surface area contributed by atoms with Crippen molar-refractivity contribution in [2.45, 2.75) is 33.1 Å². The zero-order valence-electron chi connectivity index (χ0n) is 12.3. The number of aromatic nitrogens is 2. The molecule has 1 aromatic carbocycles. The van der Waals surface area contributed by atoms with E-state index in [-0.39, 0.29) is 0 Å². The lowest BCUT2D eigenvalue weighted by molar-refractivity contribution is 0.410. The maximum atomic E-state index is 5.39. The topological polar surface area (TPSA) is 47.0 Å². The highest BCUT2D eigenvalue weighted by Gasteiger charge is 2.05. The van der Waals surface area contributed by atoms with Crippen LogP contribution < -0.4 is 10.1 Å². The fraction of sp³-hybridized carbons (Fsp3) is 0.467. The molecule has 0 fully saturated rings. The third kappa shape index (κ3) is 3.93. The summed E-state index contributed by atoms with van der Waals surface area (Å²) in [6.07, 6.45) is 3.02. The van der Waals surface area contributed by atoms with Crippen molar-refractivity contribution < 1.29 is 4.74 Å². The minimum absolute atomic E-state index is 0.834. The third-order valence-electron chi connectivity index (χ3n) is 3.04. The first kappa shape index (κ1) is 14.8. The number of ether oxygens (including phenoxy) is 1.